The first-order valence-electron chi connectivity index (χ1n) is 6.82. The molecule has 19 heavy (non-hydrogen) atoms. The van der Waals surface area contributed by atoms with Gasteiger partial charge >= 0.3 is 5.97 Å². The number of carbonyl (C=O) groups excluding carboxylic acids is 3. The fraction of sp³-hybridized carbons (Fsp3) is 0.643. The molecule has 0 unspecified atom stereocenters. The molecule has 2 aliphatic rings. The van der Waals surface area contributed by atoms with Gasteiger partial charge < -0.3 is 4.84 Å². The van der Waals surface area contributed by atoms with Gasteiger partial charge in [-0.05, 0) is 25.7 Å². The summed E-state index contributed by atoms with van der Waals surface area (Å²) in [6, 6.07) is 0. The van der Waals surface area contributed by atoms with E-state index in [0.717, 1.165) is 18.4 Å². The number of rotatable bonds is 2. The molecule has 2 rings (SSSR count). The van der Waals surface area contributed by atoms with Gasteiger partial charge in [-0.15, -0.1) is 5.06 Å². The summed E-state index contributed by atoms with van der Waals surface area (Å²) in [5.74, 6) is -1.55. The van der Waals surface area contributed by atoms with Gasteiger partial charge in [0, 0.05) is 12.8 Å². The smallest absolute Gasteiger partial charge is 0.330 e. The molecule has 1 aliphatic heterocycles. The van der Waals surface area contributed by atoms with Gasteiger partial charge in [0.1, 0.15) is 0 Å². The molecule has 1 saturated carbocycles. The van der Waals surface area contributed by atoms with Crippen LogP contribution in [0, 0.1) is 5.92 Å². The van der Waals surface area contributed by atoms with Crippen molar-refractivity contribution < 1.29 is 19.2 Å². The first-order valence-corrected chi connectivity index (χ1v) is 6.82. The van der Waals surface area contributed by atoms with Crippen molar-refractivity contribution >= 4 is 17.8 Å². The molecule has 0 bridgehead atoms. The van der Waals surface area contributed by atoms with Gasteiger partial charge in [0.15, 0.2) is 0 Å². The summed E-state index contributed by atoms with van der Waals surface area (Å²) in [7, 11) is 0. The Kier molecular flexibility index (Phi) is 5.73. The monoisotopic (exact) mass is 267 g/mol. The van der Waals surface area contributed by atoms with E-state index in [9.17, 15) is 14.4 Å². The second kappa shape index (κ2) is 7.07. The average molecular weight is 267 g/mol. The Bertz CT molecular complexity index is 363. The van der Waals surface area contributed by atoms with Crippen molar-refractivity contribution in [3.63, 3.8) is 0 Å². The zero-order valence-corrected chi connectivity index (χ0v) is 11.6. The van der Waals surface area contributed by atoms with Gasteiger partial charge in [-0.25, -0.2) is 4.79 Å². The maximum atomic E-state index is 11.8. The molecular weight excluding hydrogens is 246 g/mol. The van der Waals surface area contributed by atoms with Crippen molar-refractivity contribution in [3.8, 4) is 0 Å². The lowest BCUT2D eigenvalue weighted by Gasteiger charge is -2.23. The molecule has 1 saturated heterocycles. The Labute approximate surface area is 113 Å². The Morgan fingerprint density at radius 2 is 1.58 bits per heavy atom. The molecule has 0 atom stereocenters. The first-order chi connectivity index (χ1) is 9.08. The highest BCUT2D eigenvalue weighted by atomic mass is 16.7. The highest BCUT2D eigenvalue weighted by Crippen LogP contribution is 2.28. The number of amides is 2. The minimum absolute atomic E-state index is 0.133. The van der Waals surface area contributed by atoms with Crippen LogP contribution in [0.1, 0.15) is 52.4 Å². The molecule has 1 aliphatic carbocycles. The Hall–Kier alpha value is -1.65. The molecule has 2 fully saturated rings. The maximum absolute atomic E-state index is 11.8. The molecular formula is C14H21NO4. The van der Waals surface area contributed by atoms with E-state index in [1.807, 2.05) is 13.8 Å². The van der Waals surface area contributed by atoms with Gasteiger partial charge in [0.05, 0.1) is 5.92 Å². The molecule has 0 radical (unpaired) electrons. The maximum Gasteiger partial charge on any atom is 0.336 e. The fourth-order valence-electron chi connectivity index (χ4n) is 2.08. The summed E-state index contributed by atoms with van der Waals surface area (Å²) in [4.78, 5) is 39.2. The third-order valence-corrected chi connectivity index (χ3v) is 3.21. The molecule has 5 nitrogen and oxygen atoms in total. The predicted octanol–water partition coefficient (Wildman–Crippen LogP) is 2.37. The quantitative estimate of drug-likeness (QED) is 0.569. The molecule has 106 valence electrons. The van der Waals surface area contributed by atoms with E-state index in [-0.39, 0.29) is 18.8 Å². The number of hydrogen-bond acceptors (Lipinski definition) is 4. The second-order valence-corrected chi connectivity index (χ2v) is 4.52. The van der Waals surface area contributed by atoms with E-state index in [1.165, 1.54) is 0 Å². The van der Waals surface area contributed by atoms with Gasteiger partial charge in [-0.3, -0.25) is 9.59 Å². The van der Waals surface area contributed by atoms with Crippen LogP contribution < -0.4 is 0 Å². The molecule has 0 spiro atoms. The molecule has 0 aromatic rings. The van der Waals surface area contributed by atoms with Crippen molar-refractivity contribution in [2.45, 2.75) is 52.4 Å². The molecule has 1 heterocycles. The summed E-state index contributed by atoms with van der Waals surface area (Å²) in [5.41, 5.74) is 1.14. The average Bonchev–Trinajstić information content (AvgIpc) is 2.73. The molecule has 0 N–H and O–H groups in total. The van der Waals surface area contributed by atoms with E-state index < -0.39 is 17.8 Å². The Morgan fingerprint density at radius 3 is 2.05 bits per heavy atom. The van der Waals surface area contributed by atoms with Crippen molar-refractivity contribution in [2.24, 2.45) is 5.92 Å². The van der Waals surface area contributed by atoms with Crippen LogP contribution in [0.15, 0.2) is 12.2 Å². The third-order valence-electron chi connectivity index (χ3n) is 3.21. The van der Waals surface area contributed by atoms with Crippen LogP contribution in [0.3, 0.4) is 0 Å². The van der Waals surface area contributed by atoms with E-state index in [0.29, 0.717) is 17.9 Å². The van der Waals surface area contributed by atoms with Crippen LogP contribution in [0.25, 0.3) is 0 Å². The SMILES string of the molecule is C=C1CCC(C(=O)ON2C(=O)CCC2=O)CC1.CC. The molecule has 2 amide bonds. The van der Waals surface area contributed by atoms with Gasteiger partial charge in [0.25, 0.3) is 11.8 Å². The third kappa shape index (κ3) is 3.91. The lowest BCUT2D eigenvalue weighted by atomic mass is 9.87. The summed E-state index contributed by atoms with van der Waals surface area (Å²) >= 11 is 0. The lowest BCUT2D eigenvalue weighted by molar-refractivity contribution is -0.201. The Morgan fingerprint density at radius 1 is 1.11 bits per heavy atom. The standard InChI is InChI=1S/C12H15NO4.C2H6/c1-8-2-4-9(5-3-8)12(16)17-13-10(14)6-7-11(13)15;1-2/h9H,1-7H2;1-2H3. The van der Waals surface area contributed by atoms with Crippen LogP contribution in [-0.2, 0) is 19.2 Å². The fourth-order valence-corrected chi connectivity index (χ4v) is 2.08. The number of allylic oxidation sites excluding steroid dienone is 1. The van der Waals surface area contributed by atoms with Crippen LogP contribution in [-0.4, -0.2) is 22.8 Å². The minimum Gasteiger partial charge on any atom is -0.330 e. The highest BCUT2D eigenvalue weighted by molar-refractivity contribution is 6.01. The number of hydroxylamine groups is 2. The minimum atomic E-state index is -0.471. The number of imide groups is 1. The molecule has 5 heteroatoms. The van der Waals surface area contributed by atoms with Gasteiger partial charge in [-0.1, -0.05) is 26.0 Å². The van der Waals surface area contributed by atoms with E-state index in [1.54, 1.807) is 0 Å². The van der Waals surface area contributed by atoms with Crippen molar-refractivity contribution in [2.75, 3.05) is 0 Å². The van der Waals surface area contributed by atoms with Gasteiger partial charge in [-0.2, -0.15) is 0 Å². The topological polar surface area (TPSA) is 63.7 Å². The molecule has 0 aromatic heterocycles. The summed E-state index contributed by atoms with van der Waals surface area (Å²) < 4.78 is 0. The first kappa shape index (κ1) is 15.4. The van der Waals surface area contributed by atoms with E-state index >= 15 is 0 Å². The zero-order chi connectivity index (χ0) is 14.4. The van der Waals surface area contributed by atoms with Crippen molar-refractivity contribution in [3.05, 3.63) is 12.2 Å². The van der Waals surface area contributed by atoms with Crippen LogP contribution >= 0.6 is 0 Å². The largest absolute Gasteiger partial charge is 0.336 e. The number of nitrogens with zero attached hydrogens (tertiary/aromatic N) is 1. The Balaban J connectivity index is 0.000000861. The predicted molar refractivity (Wildman–Crippen MR) is 69.6 cm³/mol. The number of hydrogen-bond donors (Lipinski definition) is 0. The zero-order valence-electron chi connectivity index (χ0n) is 11.6. The summed E-state index contributed by atoms with van der Waals surface area (Å²) in [5, 5.41) is 0.617. The van der Waals surface area contributed by atoms with Crippen LogP contribution in [0.5, 0.6) is 0 Å². The molecule has 0 aromatic carbocycles. The van der Waals surface area contributed by atoms with Gasteiger partial charge in [0.2, 0.25) is 0 Å². The lowest BCUT2D eigenvalue weighted by Crippen LogP contribution is -2.35. The summed E-state index contributed by atoms with van der Waals surface area (Å²) in [6.45, 7) is 7.86. The van der Waals surface area contributed by atoms with Crippen LogP contribution in [0.4, 0.5) is 0 Å². The van der Waals surface area contributed by atoms with Crippen molar-refractivity contribution in [1.29, 1.82) is 0 Å². The summed E-state index contributed by atoms with van der Waals surface area (Å²) in [6.07, 6.45) is 3.26. The van der Waals surface area contributed by atoms with Crippen molar-refractivity contribution in [1.82, 2.24) is 5.06 Å². The van der Waals surface area contributed by atoms with Crippen LogP contribution in [0.2, 0.25) is 0 Å². The number of carbonyl (C=O) groups is 3. The highest BCUT2D eigenvalue weighted by Gasteiger charge is 2.35. The van der Waals surface area contributed by atoms with E-state index in [4.69, 9.17) is 4.84 Å². The normalized spacial score (nSPS) is 20.1. The van der Waals surface area contributed by atoms with E-state index in [2.05, 4.69) is 6.58 Å². The second-order valence-electron chi connectivity index (χ2n) is 4.52.